The Labute approximate surface area is 185 Å². The first-order valence-corrected chi connectivity index (χ1v) is 10.1. The number of oxazole rings is 1. The van der Waals surface area contributed by atoms with Crippen LogP contribution in [0.2, 0.25) is 0 Å². The van der Waals surface area contributed by atoms with E-state index in [1.165, 1.54) is 0 Å². The van der Waals surface area contributed by atoms with Gasteiger partial charge < -0.3 is 14.5 Å². The third-order valence-corrected chi connectivity index (χ3v) is 5.06. The highest BCUT2D eigenvalue weighted by Crippen LogP contribution is 2.28. The maximum absolute atomic E-state index is 12.4. The molecule has 0 unspecified atom stereocenters. The van der Waals surface area contributed by atoms with Crippen LogP contribution in [0.15, 0.2) is 65.1 Å². The van der Waals surface area contributed by atoms with Gasteiger partial charge in [0.1, 0.15) is 11.3 Å². The zero-order chi connectivity index (χ0) is 22.0. The van der Waals surface area contributed by atoms with Gasteiger partial charge in [-0.05, 0) is 85.7 Å². The van der Waals surface area contributed by atoms with Crippen LogP contribution >= 0.6 is 12.2 Å². The van der Waals surface area contributed by atoms with Gasteiger partial charge in [0, 0.05) is 16.8 Å². The van der Waals surface area contributed by atoms with E-state index in [2.05, 4.69) is 15.6 Å². The van der Waals surface area contributed by atoms with Crippen LogP contribution in [-0.4, -0.2) is 23.1 Å². The van der Waals surface area contributed by atoms with Crippen LogP contribution in [0.5, 0.6) is 5.75 Å². The van der Waals surface area contributed by atoms with E-state index >= 15 is 0 Å². The second kappa shape index (κ2) is 8.57. The van der Waals surface area contributed by atoms with Crippen molar-refractivity contribution in [3.05, 3.63) is 77.4 Å². The Hall–Kier alpha value is -3.71. The van der Waals surface area contributed by atoms with Crippen molar-refractivity contribution in [2.45, 2.75) is 13.8 Å². The minimum absolute atomic E-state index is 0.203. The van der Waals surface area contributed by atoms with E-state index in [-0.39, 0.29) is 11.0 Å². The average molecular weight is 432 g/mol. The Bertz CT molecular complexity index is 1280. The van der Waals surface area contributed by atoms with Crippen molar-refractivity contribution in [2.24, 2.45) is 0 Å². The highest BCUT2D eigenvalue weighted by atomic mass is 32.1. The first kappa shape index (κ1) is 20.6. The highest BCUT2D eigenvalue weighted by molar-refractivity contribution is 7.80. The monoisotopic (exact) mass is 431 g/mol. The molecule has 0 atom stereocenters. The molecule has 1 amide bonds. The van der Waals surface area contributed by atoms with Crippen molar-refractivity contribution in [3.63, 3.8) is 0 Å². The lowest BCUT2D eigenvalue weighted by Crippen LogP contribution is -2.34. The van der Waals surface area contributed by atoms with Gasteiger partial charge >= 0.3 is 0 Å². The van der Waals surface area contributed by atoms with Crippen LogP contribution in [0.1, 0.15) is 21.5 Å². The summed E-state index contributed by atoms with van der Waals surface area (Å²) in [6.07, 6.45) is 0. The molecule has 0 saturated carbocycles. The number of methoxy groups -OCH3 is 1. The molecule has 0 fully saturated rings. The molecule has 156 valence electrons. The Kier molecular flexibility index (Phi) is 5.68. The van der Waals surface area contributed by atoms with Gasteiger partial charge in [0.05, 0.1) is 7.11 Å². The highest BCUT2D eigenvalue weighted by Gasteiger charge is 2.12. The Morgan fingerprint density at radius 2 is 1.81 bits per heavy atom. The van der Waals surface area contributed by atoms with Crippen molar-refractivity contribution in [1.29, 1.82) is 0 Å². The molecular formula is C24H21N3O3S. The number of carbonyl (C=O) groups is 1. The van der Waals surface area contributed by atoms with Crippen LogP contribution in [0.3, 0.4) is 0 Å². The fourth-order valence-corrected chi connectivity index (χ4v) is 3.32. The van der Waals surface area contributed by atoms with Crippen molar-refractivity contribution < 1.29 is 13.9 Å². The van der Waals surface area contributed by atoms with Crippen molar-refractivity contribution in [2.75, 3.05) is 12.4 Å². The molecule has 2 N–H and O–H groups in total. The van der Waals surface area contributed by atoms with E-state index in [0.29, 0.717) is 17.2 Å². The number of hydrogen-bond acceptors (Lipinski definition) is 5. The number of ether oxygens (including phenoxy) is 1. The minimum Gasteiger partial charge on any atom is -0.497 e. The lowest BCUT2D eigenvalue weighted by Gasteiger charge is -2.13. The number of nitrogens with zero attached hydrogens (tertiary/aromatic N) is 1. The van der Waals surface area contributed by atoms with E-state index in [1.807, 2.05) is 50.2 Å². The molecule has 0 saturated heterocycles. The van der Waals surface area contributed by atoms with Gasteiger partial charge in [-0.3, -0.25) is 10.1 Å². The van der Waals surface area contributed by atoms with E-state index in [9.17, 15) is 4.79 Å². The molecule has 0 aliphatic carbocycles. The summed E-state index contributed by atoms with van der Waals surface area (Å²) in [5, 5.41) is 5.99. The summed E-state index contributed by atoms with van der Waals surface area (Å²) in [5.74, 6) is 0.902. The lowest BCUT2D eigenvalue weighted by atomic mass is 10.1. The fraction of sp³-hybridized carbons (Fsp3) is 0.125. The fourth-order valence-electron chi connectivity index (χ4n) is 3.12. The average Bonchev–Trinajstić information content (AvgIpc) is 3.18. The Morgan fingerprint density at radius 3 is 2.55 bits per heavy atom. The van der Waals surface area contributed by atoms with E-state index < -0.39 is 0 Å². The summed E-state index contributed by atoms with van der Waals surface area (Å²) in [5.41, 5.74) is 5.68. The first-order chi connectivity index (χ1) is 14.9. The molecule has 0 aliphatic heterocycles. The number of aromatic nitrogens is 1. The zero-order valence-corrected chi connectivity index (χ0v) is 18.2. The van der Waals surface area contributed by atoms with Gasteiger partial charge in [0.25, 0.3) is 5.91 Å². The van der Waals surface area contributed by atoms with Gasteiger partial charge in [0.2, 0.25) is 5.89 Å². The molecule has 0 spiro atoms. The summed E-state index contributed by atoms with van der Waals surface area (Å²) in [7, 11) is 1.58. The SMILES string of the molecule is COc1ccc(C(=O)NC(=S)Nc2cc(-c3nc4ccc(C)cc4o3)ccc2C)cc1. The number of nitrogens with one attached hydrogen (secondary N) is 2. The number of benzene rings is 3. The third kappa shape index (κ3) is 4.57. The maximum atomic E-state index is 12.4. The number of aryl methyl sites for hydroxylation is 2. The first-order valence-electron chi connectivity index (χ1n) is 9.67. The van der Waals surface area contributed by atoms with Gasteiger partial charge in [0.15, 0.2) is 10.7 Å². The largest absolute Gasteiger partial charge is 0.497 e. The molecule has 3 aromatic carbocycles. The van der Waals surface area contributed by atoms with Gasteiger partial charge in [-0.25, -0.2) is 4.98 Å². The summed E-state index contributed by atoms with van der Waals surface area (Å²) in [6, 6.07) is 18.5. The standard InChI is InChI=1S/C24H21N3O3S/c1-14-4-11-19-21(12-14)30-23(25-19)17-6-5-15(2)20(13-17)26-24(31)27-22(28)16-7-9-18(29-3)10-8-16/h4-13H,1-3H3,(H2,26,27,28,31). The van der Waals surface area contributed by atoms with Crippen molar-refractivity contribution >= 4 is 40.0 Å². The number of rotatable bonds is 4. The Morgan fingerprint density at radius 1 is 1.03 bits per heavy atom. The minimum atomic E-state index is -0.303. The Balaban J connectivity index is 1.51. The molecular weight excluding hydrogens is 410 g/mol. The summed E-state index contributed by atoms with van der Waals surface area (Å²) >= 11 is 5.34. The smallest absolute Gasteiger partial charge is 0.257 e. The molecule has 4 aromatic rings. The van der Waals surface area contributed by atoms with E-state index in [1.54, 1.807) is 31.4 Å². The molecule has 1 heterocycles. The molecule has 1 aromatic heterocycles. The summed E-state index contributed by atoms with van der Waals surface area (Å²) in [4.78, 5) is 17.0. The van der Waals surface area contributed by atoms with E-state index in [0.717, 1.165) is 33.5 Å². The summed E-state index contributed by atoms with van der Waals surface area (Å²) in [6.45, 7) is 3.96. The lowest BCUT2D eigenvalue weighted by molar-refractivity contribution is 0.0977. The third-order valence-electron chi connectivity index (χ3n) is 4.86. The maximum Gasteiger partial charge on any atom is 0.257 e. The van der Waals surface area contributed by atoms with Crippen molar-refractivity contribution in [3.8, 4) is 17.2 Å². The number of fused-ring (bicyclic) bond motifs is 1. The second-order valence-corrected chi connectivity index (χ2v) is 7.56. The topological polar surface area (TPSA) is 76.4 Å². The van der Waals surface area contributed by atoms with Crippen LogP contribution in [-0.2, 0) is 0 Å². The van der Waals surface area contributed by atoms with Crippen LogP contribution in [0.25, 0.3) is 22.6 Å². The quantitative estimate of drug-likeness (QED) is 0.430. The summed E-state index contributed by atoms with van der Waals surface area (Å²) < 4.78 is 11.0. The van der Waals surface area contributed by atoms with Crippen LogP contribution in [0.4, 0.5) is 5.69 Å². The number of amides is 1. The van der Waals surface area contributed by atoms with Gasteiger partial charge in [-0.2, -0.15) is 0 Å². The predicted molar refractivity (Wildman–Crippen MR) is 126 cm³/mol. The molecule has 0 aliphatic rings. The number of hydrogen-bond donors (Lipinski definition) is 2. The molecule has 6 nitrogen and oxygen atoms in total. The number of carbonyl (C=O) groups excluding carboxylic acids is 1. The van der Waals surface area contributed by atoms with E-state index in [4.69, 9.17) is 21.4 Å². The van der Waals surface area contributed by atoms with Crippen LogP contribution in [0, 0.1) is 13.8 Å². The second-order valence-electron chi connectivity index (χ2n) is 7.16. The van der Waals surface area contributed by atoms with Gasteiger partial charge in [-0.15, -0.1) is 0 Å². The normalized spacial score (nSPS) is 10.7. The molecule has 31 heavy (non-hydrogen) atoms. The molecule has 0 radical (unpaired) electrons. The number of anilines is 1. The molecule has 4 rings (SSSR count). The molecule has 0 bridgehead atoms. The molecule has 7 heteroatoms. The number of thiocarbonyl (C=S) groups is 1. The zero-order valence-electron chi connectivity index (χ0n) is 17.4. The van der Waals surface area contributed by atoms with Crippen LogP contribution < -0.4 is 15.4 Å². The van der Waals surface area contributed by atoms with Crippen molar-refractivity contribution in [1.82, 2.24) is 10.3 Å². The predicted octanol–water partition coefficient (Wildman–Crippen LogP) is 5.25. The van der Waals surface area contributed by atoms with Gasteiger partial charge in [-0.1, -0.05) is 12.1 Å².